The molecule has 2 aromatic carbocycles. The minimum absolute atomic E-state index is 0.00413. The number of nitrogens with one attached hydrogen (secondary N) is 1. The Balaban J connectivity index is 1.44. The second-order valence-electron chi connectivity index (χ2n) is 7.10. The number of likely N-dealkylation sites (tertiary alicyclic amines) is 1. The highest BCUT2D eigenvalue weighted by Crippen LogP contribution is 2.22. The first kappa shape index (κ1) is 19.1. The van der Waals surface area contributed by atoms with Crippen LogP contribution in [0.25, 0.3) is 0 Å². The standard InChI is InChI=1S/C22H27N3O2/c23-22(27)18-9-11-19(12-10-18)24-21(26)14-16-25-15-4-7-20(25)13-8-17-5-2-1-3-6-17/h1-3,5-6,9-12,20H,4,7-8,13-16H2,(H2,23,27)(H,24,26). The average Bonchev–Trinajstić information content (AvgIpc) is 3.13. The van der Waals surface area contributed by atoms with E-state index >= 15 is 0 Å². The van der Waals surface area contributed by atoms with Crippen LogP contribution in [-0.4, -0.2) is 35.8 Å². The van der Waals surface area contributed by atoms with Crippen LogP contribution >= 0.6 is 0 Å². The van der Waals surface area contributed by atoms with Crippen LogP contribution < -0.4 is 11.1 Å². The third kappa shape index (κ3) is 5.66. The van der Waals surface area contributed by atoms with Crippen LogP contribution in [0.1, 0.15) is 41.6 Å². The van der Waals surface area contributed by atoms with Gasteiger partial charge in [0.15, 0.2) is 0 Å². The van der Waals surface area contributed by atoms with Crippen LogP contribution in [0, 0.1) is 0 Å². The molecule has 0 bridgehead atoms. The summed E-state index contributed by atoms with van der Waals surface area (Å²) in [5.74, 6) is -0.473. The van der Waals surface area contributed by atoms with Crippen molar-refractivity contribution in [3.8, 4) is 0 Å². The van der Waals surface area contributed by atoms with Gasteiger partial charge in [-0.25, -0.2) is 0 Å². The molecule has 0 saturated carbocycles. The van der Waals surface area contributed by atoms with E-state index in [1.165, 1.54) is 18.4 Å². The van der Waals surface area contributed by atoms with E-state index in [-0.39, 0.29) is 5.91 Å². The summed E-state index contributed by atoms with van der Waals surface area (Å²) in [6, 6.07) is 17.8. The molecule has 3 rings (SSSR count). The number of primary amides is 1. The van der Waals surface area contributed by atoms with Gasteiger partial charge < -0.3 is 11.1 Å². The van der Waals surface area contributed by atoms with Crippen LogP contribution in [0.2, 0.25) is 0 Å². The van der Waals surface area contributed by atoms with E-state index in [9.17, 15) is 9.59 Å². The number of hydrogen-bond donors (Lipinski definition) is 2. The first-order valence-corrected chi connectivity index (χ1v) is 9.59. The van der Waals surface area contributed by atoms with Gasteiger partial charge in [-0.15, -0.1) is 0 Å². The molecular weight excluding hydrogens is 338 g/mol. The summed E-state index contributed by atoms with van der Waals surface area (Å²) in [5, 5.41) is 2.89. The van der Waals surface area contributed by atoms with E-state index in [1.54, 1.807) is 24.3 Å². The Kier molecular flexibility index (Phi) is 6.60. The number of rotatable bonds is 8. The Hall–Kier alpha value is -2.66. The lowest BCUT2D eigenvalue weighted by Crippen LogP contribution is -2.32. The molecule has 1 saturated heterocycles. The molecule has 142 valence electrons. The van der Waals surface area contributed by atoms with Gasteiger partial charge in [0.25, 0.3) is 0 Å². The van der Waals surface area contributed by atoms with E-state index in [0.717, 1.165) is 25.9 Å². The van der Waals surface area contributed by atoms with Crippen molar-refractivity contribution in [2.75, 3.05) is 18.4 Å². The maximum Gasteiger partial charge on any atom is 0.248 e. The summed E-state index contributed by atoms with van der Waals surface area (Å²) < 4.78 is 0. The lowest BCUT2D eigenvalue weighted by Gasteiger charge is -2.24. The molecule has 0 aliphatic carbocycles. The Labute approximate surface area is 160 Å². The van der Waals surface area contributed by atoms with Crippen molar-refractivity contribution < 1.29 is 9.59 Å². The molecule has 27 heavy (non-hydrogen) atoms. The van der Waals surface area contributed by atoms with E-state index in [4.69, 9.17) is 5.73 Å². The summed E-state index contributed by atoms with van der Waals surface area (Å²) >= 11 is 0. The summed E-state index contributed by atoms with van der Waals surface area (Å²) in [7, 11) is 0. The van der Waals surface area contributed by atoms with Gasteiger partial charge in [-0.3, -0.25) is 14.5 Å². The molecule has 1 aliphatic rings. The summed E-state index contributed by atoms with van der Waals surface area (Å²) in [6.45, 7) is 1.85. The van der Waals surface area contributed by atoms with Gasteiger partial charge >= 0.3 is 0 Å². The molecule has 1 unspecified atom stereocenters. The number of nitrogens with zero attached hydrogens (tertiary/aromatic N) is 1. The number of anilines is 1. The van der Waals surface area contributed by atoms with Gasteiger partial charge in [0.05, 0.1) is 0 Å². The molecule has 0 radical (unpaired) electrons. The Bertz CT molecular complexity index is 759. The fourth-order valence-electron chi connectivity index (χ4n) is 3.68. The number of aryl methyl sites for hydroxylation is 1. The molecule has 1 atom stereocenters. The van der Waals surface area contributed by atoms with Gasteiger partial charge in [-0.05, 0) is 62.1 Å². The van der Waals surface area contributed by atoms with Gasteiger partial charge in [0.2, 0.25) is 11.8 Å². The molecular formula is C22H27N3O2. The summed E-state index contributed by atoms with van der Waals surface area (Å²) in [6.07, 6.45) is 5.11. The maximum atomic E-state index is 12.2. The van der Waals surface area contributed by atoms with Crippen LogP contribution in [0.4, 0.5) is 5.69 Å². The zero-order valence-electron chi connectivity index (χ0n) is 15.6. The van der Waals surface area contributed by atoms with Crippen molar-refractivity contribution in [2.24, 2.45) is 5.73 Å². The zero-order valence-corrected chi connectivity index (χ0v) is 15.6. The van der Waals surface area contributed by atoms with E-state index in [1.807, 2.05) is 6.07 Å². The fraction of sp³-hybridized carbons (Fsp3) is 0.364. The second kappa shape index (κ2) is 9.33. The van der Waals surface area contributed by atoms with Gasteiger partial charge in [-0.2, -0.15) is 0 Å². The van der Waals surface area contributed by atoms with Crippen molar-refractivity contribution in [2.45, 2.75) is 38.1 Å². The first-order chi connectivity index (χ1) is 13.1. The largest absolute Gasteiger partial charge is 0.366 e. The highest BCUT2D eigenvalue weighted by Gasteiger charge is 2.24. The predicted octanol–water partition coefficient (Wildman–Crippen LogP) is 3.21. The predicted molar refractivity (Wildman–Crippen MR) is 108 cm³/mol. The minimum atomic E-state index is -0.469. The van der Waals surface area contributed by atoms with E-state index in [0.29, 0.717) is 23.7 Å². The molecule has 2 aromatic rings. The molecule has 5 heteroatoms. The van der Waals surface area contributed by atoms with Crippen LogP contribution in [-0.2, 0) is 11.2 Å². The third-order valence-electron chi connectivity index (χ3n) is 5.19. The quantitative estimate of drug-likeness (QED) is 0.754. The number of carbonyl (C=O) groups excluding carboxylic acids is 2. The lowest BCUT2D eigenvalue weighted by atomic mass is 10.0. The van der Waals surface area contributed by atoms with Gasteiger partial charge in [0.1, 0.15) is 0 Å². The average molecular weight is 365 g/mol. The Morgan fingerprint density at radius 2 is 1.81 bits per heavy atom. The monoisotopic (exact) mass is 365 g/mol. The minimum Gasteiger partial charge on any atom is -0.366 e. The molecule has 1 heterocycles. The fourth-order valence-corrected chi connectivity index (χ4v) is 3.68. The SMILES string of the molecule is NC(=O)c1ccc(NC(=O)CCN2CCCC2CCc2ccccc2)cc1. The molecule has 1 fully saturated rings. The van der Waals surface area contributed by atoms with Gasteiger partial charge in [-0.1, -0.05) is 30.3 Å². The summed E-state index contributed by atoms with van der Waals surface area (Å²) in [4.78, 5) is 25.8. The van der Waals surface area contributed by atoms with Gasteiger partial charge in [0, 0.05) is 30.3 Å². The second-order valence-corrected chi connectivity index (χ2v) is 7.10. The normalized spacial score (nSPS) is 17.0. The first-order valence-electron chi connectivity index (χ1n) is 9.59. The maximum absolute atomic E-state index is 12.2. The Morgan fingerprint density at radius 1 is 1.07 bits per heavy atom. The van der Waals surface area contributed by atoms with E-state index < -0.39 is 5.91 Å². The number of benzene rings is 2. The molecule has 5 nitrogen and oxygen atoms in total. The van der Waals surface area contributed by atoms with Crippen LogP contribution in [0.5, 0.6) is 0 Å². The van der Waals surface area contributed by atoms with Crippen molar-refractivity contribution in [1.82, 2.24) is 4.90 Å². The Morgan fingerprint density at radius 3 is 2.52 bits per heavy atom. The molecule has 2 amide bonds. The van der Waals surface area contributed by atoms with Crippen molar-refractivity contribution in [3.63, 3.8) is 0 Å². The number of nitrogens with two attached hydrogens (primary N) is 1. The topological polar surface area (TPSA) is 75.4 Å². The van der Waals surface area contributed by atoms with Crippen molar-refractivity contribution in [3.05, 3.63) is 65.7 Å². The number of carbonyl (C=O) groups is 2. The molecule has 0 aromatic heterocycles. The number of hydrogen-bond acceptors (Lipinski definition) is 3. The number of amides is 2. The third-order valence-corrected chi connectivity index (χ3v) is 5.19. The van der Waals surface area contributed by atoms with Crippen molar-refractivity contribution in [1.29, 1.82) is 0 Å². The molecule has 3 N–H and O–H groups in total. The van der Waals surface area contributed by atoms with Crippen molar-refractivity contribution >= 4 is 17.5 Å². The van der Waals surface area contributed by atoms with Crippen LogP contribution in [0.3, 0.4) is 0 Å². The van der Waals surface area contributed by atoms with Crippen LogP contribution in [0.15, 0.2) is 54.6 Å². The summed E-state index contributed by atoms with van der Waals surface area (Å²) in [5.41, 5.74) is 7.73. The molecule has 0 spiro atoms. The zero-order chi connectivity index (χ0) is 19.1. The highest BCUT2D eigenvalue weighted by molar-refractivity contribution is 5.94. The molecule has 1 aliphatic heterocycles. The lowest BCUT2D eigenvalue weighted by molar-refractivity contribution is -0.116. The highest BCUT2D eigenvalue weighted by atomic mass is 16.2. The van der Waals surface area contributed by atoms with E-state index in [2.05, 4.69) is 34.5 Å². The smallest absolute Gasteiger partial charge is 0.248 e.